The van der Waals surface area contributed by atoms with Crippen LogP contribution in [0, 0.1) is 5.92 Å². The van der Waals surface area contributed by atoms with Crippen molar-refractivity contribution in [1.82, 2.24) is 9.88 Å². The standard InChI is InChI=1S/C16H18N2O3/c19-16(20)13-5-2-8-18(11-13)15(14-6-3-9-21-14)12-4-1-7-17-10-12/h1,3-4,6-7,9-10,13,15H,2,5,8,11H2,(H,19,20). The van der Waals surface area contributed by atoms with Gasteiger partial charge in [0.25, 0.3) is 0 Å². The monoisotopic (exact) mass is 286 g/mol. The average Bonchev–Trinajstić information content (AvgIpc) is 3.03. The summed E-state index contributed by atoms with van der Waals surface area (Å²) < 4.78 is 5.58. The van der Waals surface area contributed by atoms with Crippen molar-refractivity contribution in [1.29, 1.82) is 0 Å². The molecule has 0 spiro atoms. The van der Waals surface area contributed by atoms with Gasteiger partial charge in [0, 0.05) is 18.9 Å². The fraction of sp³-hybridized carbons (Fsp3) is 0.375. The van der Waals surface area contributed by atoms with Crippen LogP contribution in [0.5, 0.6) is 0 Å². The summed E-state index contributed by atoms with van der Waals surface area (Å²) in [4.78, 5) is 17.6. The molecule has 2 aromatic heterocycles. The fourth-order valence-electron chi connectivity index (χ4n) is 2.98. The summed E-state index contributed by atoms with van der Waals surface area (Å²) in [5.41, 5.74) is 1.03. The molecule has 3 heterocycles. The Morgan fingerprint density at radius 3 is 3.00 bits per heavy atom. The van der Waals surface area contributed by atoms with Crippen LogP contribution in [0.3, 0.4) is 0 Å². The maximum absolute atomic E-state index is 11.3. The van der Waals surface area contributed by atoms with Crippen LogP contribution in [0.2, 0.25) is 0 Å². The molecule has 2 aromatic rings. The lowest BCUT2D eigenvalue weighted by atomic mass is 9.94. The number of hydrogen-bond donors (Lipinski definition) is 1. The number of pyridine rings is 1. The van der Waals surface area contributed by atoms with Gasteiger partial charge in [-0.15, -0.1) is 0 Å². The first-order valence-electron chi connectivity index (χ1n) is 7.16. The van der Waals surface area contributed by atoms with Gasteiger partial charge in [0.05, 0.1) is 18.2 Å². The predicted molar refractivity (Wildman–Crippen MR) is 76.7 cm³/mol. The van der Waals surface area contributed by atoms with Gasteiger partial charge in [0.15, 0.2) is 0 Å². The lowest BCUT2D eigenvalue weighted by Crippen LogP contribution is -2.41. The van der Waals surface area contributed by atoms with E-state index in [1.165, 1.54) is 0 Å². The number of aromatic nitrogens is 1. The second-order valence-electron chi connectivity index (χ2n) is 5.38. The van der Waals surface area contributed by atoms with Gasteiger partial charge < -0.3 is 9.52 Å². The second kappa shape index (κ2) is 6.10. The molecular weight excluding hydrogens is 268 g/mol. The number of hydrogen-bond acceptors (Lipinski definition) is 4. The lowest BCUT2D eigenvalue weighted by Gasteiger charge is -2.36. The predicted octanol–water partition coefficient (Wildman–Crippen LogP) is 2.56. The molecule has 0 aliphatic carbocycles. The minimum Gasteiger partial charge on any atom is -0.481 e. The largest absolute Gasteiger partial charge is 0.481 e. The van der Waals surface area contributed by atoms with Gasteiger partial charge >= 0.3 is 5.97 Å². The number of piperidine rings is 1. The maximum atomic E-state index is 11.3. The molecule has 1 saturated heterocycles. The van der Waals surface area contributed by atoms with Gasteiger partial charge in [-0.3, -0.25) is 14.7 Å². The second-order valence-corrected chi connectivity index (χ2v) is 5.38. The molecular formula is C16H18N2O3. The number of nitrogens with zero attached hydrogens (tertiary/aromatic N) is 2. The Kier molecular flexibility index (Phi) is 4.01. The molecule has 2 unspecified atom stereocenters. The molecule has 0 aromatic carbocycles. The van der Waals surface area contributed by atoms with Gasteiger partial charge in [0.1, 0.15) is 5.76 Å². The first kappa shape index (κ1) is 13.8. The van der Waals surface area contributed by atoms with Gasteiger partial charge in [-0.25, -0.2) is 0 Å². The molecule has 3 rings (SSSR count). The molecule has 5 nitrogen and oxygen atoms in total. The summed E-state index contributed by atoms with van der Waals surface area (Å²) in [6.07, 6.45) is 6.83. The molecule has 0 saturated carbocycles. The summed E-state index contributed by atoms with van der Waals surface area (Å²) in [7, 11) is 0. The Hall–Kier alpha value is -2.14. The minimum atomic E-state index is -0.718. The maximum Gasteiger partial charge on any atom is 0.307 e. The number of aliphatic carboxylic acids is 1. The van der Waals surface area contributed by atoms with Gasteiger partial charge in [-0.2, -0.15) is 0 Å². The van der Waals surface area contributed by atoms with E-state index in [1.54, 1.807) is 12.5 Å². The summed E-state index contributed by atoms with van der Waals surface area (Å²) in [6, 6.07) is 7.62. The zero-order valence-electron chi connectivity index (χ0n) is 11.7. The summed E-state index contributed by atoms with van der Waals surface area (Å²) in [6.45, 7) is 1.40. The van der Waals surface area contributed by atoms with Crippen molar-refractivity contribution in [3.8, 4) is 0 Å². The highest BCUT2D eigenvalue weighted by molar-refractivity contribution is 5.70. The number of furan rings is 1. The third-order valence-corrected chi connectivity index (χ3v) is 3.98. The molecule has 1 aliphatic rings. The van der Waals surface area contributed by atoms with Crippen LogP contribution in [0.25, 0.3) is 0 Å². The van der Waals surface area contributed by atoms with Crippen LogP contribution in [-0.4, -0.2) is 34.0 Å². The molecule has 1 N–H and O–H groups in total. The van der Waals surface area contributed by atoms with Crippen LogP contribution >= 0.6 is 0 Å². The number of carbonyl (C=O) groups is 1. The normalized spacial score (nSPS) is 21.0. The molecule has 1 fully saturated rings. The number of rotatable bonds is 4. The number of carboxylic acids is 1. The molecule has 0 radical (unpaired) electrons. The third-order valence-electron chi connectivity index (χ3n) is 3.98. The average molecular weight is 286 g/mol. The Morgan fingerprint density at radius 2 is 2.33 bits per heavy atom. The molecule has 110 valence electrons. The quantitative estimate of drug-likeness (QED) is 0.935. The lowest BCUT2D eigenvalue weighted by molar-refractivity contribution is -0.143. The highest BCUT2D eigenvalue weighted by atomic mass is 16.4. The van der Waals surface area contributed by atoms with E-state index in [4.69, 9.17) is 4.42 Å². The smallest absolute Gasteiger partial charge is 0.307 e. The van der Waals surface area contributed by atoms with Crippen molar-refractivity contribution < 1.29 is 14.3 Å². The van der Waals surface area contributed by atoms with E-state index < -0.39 is 5.97 Å². The Labute approximate surface area is 123 Å². The third kappa shape index (κ3) is 2.97. The van der Waals surface area contributed by atoms with Crippen LogP contribution in [0.1, 0.15) is 30.2 Å². The van der Waals surface area contributed by atoms with Crippen molar-refractivity contribution in [2.75, 3.05) is 13.1 Å². The summed E-state index contributed by atoms with van der Waals surface area (Å²) in [5, 5.41) is 9.28. The van der Waals surface area contributed by atoms with Crippen LogP contribution in [0.15, 0.2) is 47.3 Å². The molecule has 5 heteroatoms. The van der Waals surface area contributed by atoms with Crippen LogP contribution in [-0.2, 0) is 4.79 Å². The highest BCUT2D eigenvalue weighted by Crippen LogP contribution is 2.32. The molecule has 21 heavy (non-hydrogen) atoms. The molecule has 0 amide bonds. The van der Waals surface area contributed by atoms with E-state index >= 15 is 0 Å². The zero-order valence-corrected chi connectivity index (χ0v) is 11.7. The van der Waals surface area contributed by atoms with E-state index in [-0.39, 0.29) is 12.0 Å². The first-order chi connectivity index (χ1) is 10.3. The van der Waals surface area contributed by atoms with Gasteiger partial charge in [0.2, 0.25) is 0 Å². The Morgan fingerprint density at radius 1 is 1.43 bits per heavy atom. The molecule has 2 atom stereocenters. The SMILES string of the molecule is O=C(O)C1CCCN(C(c2cccnc2)c2ccco2)C1. The first-order valence-corrected chi connectivity index (χ1v) is 7.16. The van der Waals surface area contributed by atoms with E-state index in [0.717, 1.165) is 30.7 Å². The van der Waals surface area contributed by atoms with Crippen molar-refractivity contribution in [2.24, 2.45) is 5.92 Å². The minimum absolute atomic E-state index is 0.0733. The van der Waals surface area contributed by atoms with Crippen molar-refractivity contribution in [3.63, 3.8) is 0 Å². The fourth-order valence-corrected chi connectivity index (χ4v) is 2.98. The molecule has 0 bridgehead atoms. The van der Waals surface area contributed by atoms with Gasteiger partial charge in [-0.1, -0.05) is 6.07 Å². The van der Waals surface area contributed by atoms with E-state index in [0.29, 0.717) is 6.54 Å². The molecule has 1 aliphatic heterocycles. The van der Waals surface area contributed by atoms with Crippen LogP contribution < -0.4 is 0 Å². The van der Waals surface area contributed by atoms with Gasteiger partial charge in [-0.05, 0) is 43.1 Å². The van der Waals surface area contributed by atoms with E-state index in [9.17, 15) is 9.90 Å². The van der Waals surface area contributed by atoms with Crippen molar-refractivity contribution in [2.45, 2.75) is 18.9 Å². The number of likely N-dealkylation sites (tertiary alicyclic amines) is 1. The van der Waals surface area contributed by atoms with Crippen molar-refractivity contribution in [3.05, 3.63) is 54.2 Å². The Bertz CT molecular complexity index is 583. The zero-order chi connectivity index (χ0) is 14.7. The summed E-state index contributed by atoms with van der Waals surface area (Å²) >= 11 is 0. The van der Waals surface area contributed by atoms with E-state index in [1.807, 2.05) is 30.5 Å². The Balaban J connectivity index is 1.91. The topological polar surface area (TPSA) is 66.6 Å². The highest BCUT2D eigenvalue weighted by Gasteiger charge is 2.32. The van der Waals surface area contributed by atoms with E-state index in [2.05, 4.69) is 9.88 Å². The number of carboxylic acid groups (broad SMARTS) is 1. The summed E-state index contributed by atoms with van der Waals surface area (Å²) in [5.74, 6) is -0.203. The van der Waals surface area contributed by atoms with Crippen LogP contribution in [0.4, 0.5) is 0 Å². The van der Waals surface area contributed by atoms with Crippen molar-refractivity contribution >= 4 is 5.97 Å².